The summed E-state index contributed by atoms with van der Waals surface area (Å²) in [7, 11) is -3.57. The van der Waals surface area contributed by atoms with Crippen molar-refractivity contribution in [2.45, 2.75) is 104 Å². The third kappa shape index (κ3) is 13.1. The molecule has 1 aliphatic rings. The Balaban J connectivity index is 2.54. The molecule has 0 saturated heterocycles. The minimum absolute atomic E-state index is 0.205. The Hall–Kier alpha value is -1.58. The van der Waals surface area contributed by atoms with Crippen molar-refractivity contribution >= 4 is 33.7 Å². The fraction of sp³-hybridized carbons (Fsp3) is 0.704. The molecule has 1 saturated carbocycles. The van der Waals surface area contributed by atoms with E-state index < -0.39 is 39.2 Å². The number of hydrogen-bond donors (Lipinski definition) is 3. The lowest BCUT2D eigenvalue weighted by atomic mass is 9.99. The van der Waals surface area contributed by atoms with E-state index in [1.54, 1.807) is 6.92 Å². The summed E-state index contributed by atoms with van der Waals surface area (Å²) >= 11 is 1.43. The smallest absolute Gasteiger partial charge is 0.327 e. The zero-order valence-electron chi connectivity index (χ0n) is 22.8. The van der Waals surface area contributed by atoms with E-state index >= 15 is 0 Å². The number of aliphatic carboxylic acids is 1. The molecule has 0 spiro atoms. The molecule has 1 rings (SSSR count). The third-order valence-corrected chi connectivity index (χ3v) is 9.22. The van der Waals surface area contributed by atoms with Crippen LogP contribution in [-0.2, 0) is 19.6 Å². The molecule has 0 aliphatic heterocycles. The first-order chi connectivity index (χ1) is 16.9. The van der Waals surface area contributed by atoms with Gasteiger partial charge in [0, 0.05) is 11.5 Å². The monoisotopic (exact) mass is 542 g/mol. The number of thioether (sulfide) groups is 1. The number of carboxylic acid groups (broad SMARTS) is 1. The third-order valence-electron chi connectivity index (χ3n) is 6.32. The highest BCUT2D eigenvalue weighted by molar-refractivity contribution is 7.99. The van der Waals surface area contributed by atoms with Crippen LogP contribution in [-0.4, -0.2) is 54.2 Å². The molecule has 1 amide bonds. The Labute approximate surface area is 222 Å². The first-order valence-electron chi connectivity index (χ1n) is 12.9. The van der Waals surface area contributed by atoms with Gasteiger partial charge in [-0.25, -0.2) is 17.9 Å². The number of allylic oxidation sites excluding steroid dienone is 5. The minimum atomic E-state index is -3.57. The van der Waals surface area contributed by atoms with Gasteiger partial charge in [0.2, 0.25) is 15.9 Å². The van der Waals surface area contributed by atoms with Crippen LogP contribution >= 0.6 is 11.8 Å². The van der Waals surface area contributed by atoms with E-state index in [1.807, 2.05) is 6.92 Å². The summed E-state index contributed by atoms with van der Waals surface area (Å²) in [4.78, 5) is 24.6. The Morgan fingerprint density at radius 2 is 1.61 bits per heavy atom. The fourth-order valence-corrected chi connectivity index (χ4v) is 6.12. The van der Waals surface area contributed by atoms with Crippen molar-refractivity contribution in [2.75, 3.05) is 11.5 Å². The quantitative estimate of drug-likeness (QED) is 0.162. The van der Waals surface area contributed by atoms with Gasteiger partial charge < -0.3 is 10.4 Å². The van der Waals surface area contributed by atoms with Crippen molar-refractivity contribution in [1.82, 2.24) is 10.0 Å². The average molecular weight is 543 g/mol. The topological polar surface area (TPSA) is 113 Å². The molecule has 0 aromatic carbocycles. The van der Waals surface area contributed by atoms with Gasteiger partial charge in [-0.3, -0.25) is 4.79 Å². The molecule has 0 aromatic heterocycles. The normalized spacial score (nSPS) is 17.3. The van der Waals surface area contributed by atoms with Crippen LogP contribution in [0.3, 0.4) is 0 Å². The molecular weight excluding hydrogens is 496 g/mol. The number of rotatable bonds is 18. The van der Waals surface area contributed by atoms with Crippen molar-refractivity contribution in [3.8, 4) is 0 Å². The Bertz CT molecular complexity index is 916. The van der Waals surface area contributed by atoms with Crippen LogP contribution in [0, 0.1) is 5.92 Å². The van der Waals surface area contributed by atoms with Gasteiger partial charge in [-0.15, -0.1) is 0 Å². The molecular formula is C27H46N2O5S2. The van der Waals surface area contributed by atoms with Gasteiger partial charge >= 0.3 is 5.97 Å². The maximum absolute atomic E-state index is 12.9. The number of carbonyl (C=O) groups is 2. The van der Waals surface area contributed by atoms with Crippen LogP contribution in [0.25, 0.3) is 0 Å². The maximum Gasteiger partial charge on any atom is 0.327 e. The van der Waals surface area contributed by atoms with Gasteiger partial charge in [-0.2, -0.15) is 11.8 Å². The Morgan fingerprint density at radius 1 is 1.03 bits per heavy atom. The van der Waals surface area contributed by atoms with E-state index in [9.17, 15) is 23.1 Å². The predicted molar refractivity (Wildman–Crippen MR) is 151 cm³/mol. The van der Waals surface area contributed by atoms with Crippen LogP contribution in [0.4, 0.5) is 0 Å². The zero-order valence-corrected chi connectivity index (χ0v) is 24.4. The molecule has 0 heterocycles. The molecule has 206 valence electrons. The van der Waals surface area contributed by atoms with Crippen LogP contribution in [0.15, 0.2) is 34.9 Å². The number of amides is 1. The zero-order chi connectivity index (χ0) is 27.3. The molecule has 7 nitrogen and oxygen atoms in total. The number of nitrogens with one attached hydrogen (secondary N) is 2. The van der Waals surface area contributed by atoms with Crippen molar-refractivity contribution in [1.29, 1.82) is 0 Å². The summed E-state index contributed by atoms with van der Waals surface area (Å²) in [5, 5.41) is 11.7. The van der Waals surface area contributed by atoms with E-state index in [-0.39, 0.29) is 11.7 Å². The Kier molecular flexibility index (Phi) is 14.7. The highest BCUT2D eigenvalue weighted by Crippen LogP contribution is 2.28. The Morgan fingerprint density at radius 3 is 2.14 bits per heavy atom. The fourth-order valence-electron chi connectivity index (χ4n) is 3.48. The summed E-state index contributed by atoms with van der Waals surface area (Å²) in [5.41, 5.74) is 3.99. The van der Waals surface area contributed by atoms with Gasteiger partial charge in [0.25, 0.3) is 0 Å². The van der Waals surface area contributed by atoms with Gasteiger partial charge in [0.1, 0.15) is 12.1 Å². The summed E-state index contributed by atoms with van der Waals surface area (Å²) in [5.74, 6) is -1.11. The second-order valence-electron chi connectivity index (χ2n) is 10.1. The second kappa shape index (κ2) is 16.3. The van der Waals surface area contributed by atoms with Crippen LogP contribution < -0.4 is 10.0 Å². The van der Waals surface area contributed by atoms with Gasteiger partial charge in [-0.05, 0) is 72.1 Å². The van der Waals surface area contributed by atoms with Crippen molar-refractivity contribution in [2.24, 2.45) is 5.92 Å². The molecule has 36 heavy (non-hydrogen) atoms. The first kappa shape index (κ1) is 32.4. The van der Waals surface area contributed by atoms with Crippen LogP contribution in [0.1, 0.15) is 86.5 Å². The van der Waals surface area contributed by atoms with Crippen molar-refractivity contribution < 1.29 is 23.1 Å². The average Bonchev–Trinajstić information content (AvgIpc) is 3.64. The lowest BCUT2D eigenvalue weighted by Gasteiger charge is -2.25. The number of sulfonamides is 1. The van der Waals surface area contributed by atoms with E-state index in [0.29, 0.717) is 25.0 Å². The largest absolute Gasteiger partial charge is 0.480 e. The van der Waals surface area contributed by atoms with Crippen LogP contribution in [0.5, 0.6) is 0 Å². The summed E-state index contributed by atoms with van der Waals surface area (Å²) in [6.07, 6.45) is 12.5. The lowest BCUT2D eigenvalue weighted by Crippen LogP contribution is -2.55. The standard InChI is InChI=1S/C27H46N2O5S2/c1-7-22(6)25(29-36(33,34)23-14-15-23)26(30)28-24(27(31)32)18-35-17-16-21(5)13-9-12-20(4)11-8-10-19(2)3/h10,12,16,22-25,29H,7-9,11,13-15,17-18H2,1-6H3,(H,28,30)(H,31,32)/t22-,24-,25-/m0/s1. The second-order valence-corrected chi connectivity index (χ2v) is 13.2. The van der Waals surface area contributed by atoms with Gasteiger partial charge in [-0.1, -0.05) is 55.2 Å². The van der Waals surface area contributed by atoms with Crippen molar-refractivity contribution in [3.05, 3.63) is 34.9 Å². The number of hydrogen-bond acceptors (Lipinski definition) is 5. The lowest BCUT2D eigenvalue weighted by molar-refractivity contribution is -0.141. The summed E-state index contributed by atoms with van der Waals surface area (Å²) in [6, 6.07) is -2.06. The maximum atomic E-state index is 12.9. The summed E-state index contributed by atoms with van der Waals surface area (Å²) < 4.78 is 27.3. The minimum Gasteiger partial charge on any atom is -0.480 e. The summed E-state index contributed by atoms with van der Waals surface area (Å²) in [6.45, 7) is 12.1. The molecule has 1 aliphatic carbocycles. The molecule has 1 fully saturated rings. The van der Waals surface area contributed by atoms with Gasteiger partial charge in [0.15, 0.2) is 0 Å². The SMILES string of the molecule is CC[C@H](C)[C@H](NS(=O)(=O)C1CC1)C(=O)N[C@@H](CSCC=C(C)CCC=C(C)CCC=C(C)C)C(=O)O. The van der Waals surface area contributed by atoms with Gasteiger partial charge in [0.05, 0.1) is 5.25 Å². The predicted octanol–water partition coefficient (Wildman–Crippen LogP) is 5.20. The molecule has 0 bridgehead atoms. The van der Waals surface area contributed by atoms with Crippen LogP contribution in [0.2, 0.25) is 0 Å². The molecule has 3 atom stereocenters. The molecule has 0 unspecified atom stereocenters. The molecule has 0 aromatic rings. The molecule has 9 heteroatoms. The van der Waals surface area contributed by atoms with E-state index in [1.165, 1.54) is 28.5 Å². The number of carboxylic acids is 1. The highest BCUT2D eigenvalue weighted by Gasteiger charge is 2.40. The molecule has 3 N–H and O–H groups in total. The number of carbonyl (C=O) groups excluding carboxylic acids is 1. The first-order valence-corrected chi connectivity index (χ1v) is 15.6. The van der Waals surface area contributed by atoms with E-state index in [4.69, 9.17) is 0 Å². The molecule has 0 radical (unpaired) electrons. The highest BCUT2D eigenvalue weighted by atomic mass is 32.2. The van der Waals surface area contributed by atoms with E-state index in [2.05, 4.69) is 56.0 Å². The van der Waals surface area contributed by atoms with E-state index in [0.717, 1.165) is 25.7 Å². The van der Waals surface area contributed by atoms with Crippen molar-refractivity contribution in [3.63, 3.8) is 0 Å².